The number of hydrogen-bond donors (Lipinski definition) is 3. The maximum atomic E-state index is 11.3. The van der Waals surface area contributed by atoms with E-state index in [0.717, 1.165) is 0 Å². The van der Waals surface area contributed by atoms with Gasteiger partial charge in [-0.2, -0.15) is 0 Å². The van der Waals surface area contributed by atoms with Gasteiger partial charge in [0.05, 0.1) is 36.6 Å². The van der Waals surface area contributed by atoms with Crippen LogP contribution in [-0.2, 0) is 33.2 Å². The smallest absolute Gasteiger partial charge is 0.302 e. The zero-order valence-electron chi connectivity index (χ0n) is 18.7. The summed E-state index contributed by atoms with van der Waals surface area (Å²) < 4.78 is 34.4. The van der Waals surface area contributed by atoms with Crippen molar-refractivity contribution >= 4 is 5.97 Å². The van der Waals surface area contributed by atoms with Crippen molar-refractivity contribution in [3.05, 3.63) is 0 Å². The lowest BCUT2D eigenvalue weighted by Gasteiger charge is -2.44. The van der Waals surface area contributed by atoms with E-state index in [2.05, 4.69) is 0 Å². The molecule has 12 unspecified atom stereocenters. The van der Waals surface area contributed by atoms with Gasteiger partial charge in [-0.05, 0) is 27.7 Å². The Morgan fingerprint density at radius 2 is 1.29 bits per heavy atom. The summed E-state index contributed by atoms with van der Waals surface area (Å²) in [5, 5.41) is 31.2. The molecule has 3 rings (SSSR count). The second kappa shape index (κ2) is 10.4. The third-order valence-electron chi connectivity index (χ3n) is 6.09. The van der Waals surface area contributed by atoms with Gasteiger partial charge in [0.15, 0.2) is 12.6 Å². The quantitative estimate of drug-likeness (QED) is 0.502. The van der Waals surface area contributed by atoms with E-state index in [1.54, 1.807) is 13.8 Å². The number of aliphatic hydroxyl groups excluding tert-OH is 3. The van der Waals surface area contributed by atoms with E-state index < -0.39 is 67.4 Å². The minimum Gasteiger partial charge on any atom is -0.459 e. The predicted molar refractivity (Wildman–Crippen MR) is 106 cm³/mol. The molecule has 3 aliphatic rings. The molecule has 0 saturated carbocycles. The van der Waals surface area contributed by atoms with Gasteiger partial charge >= 0.3 is 5.97 Å². The highest BCUT2D eigenvalue weighted by Crippen LogP contribution is 2.31. The molecule has 12 atom stereocenters. The predicted octanol–water partition coefficient (Wildman–Crippen LogP) is 0.238. The summed E-state index contributed by atoms with van der Waals surface area (Å²) in [5.74, 6) is -0.496. The highest BCUT2D eigenvalue weighted by Gasteiger charge is 2.45. The van der Waals surface area contributed by atoms with Crippen molar-refractivity contribution in [2.24, 2.45) is 0 Å². The number of ether oxygens (including phenoxy) is 6. The molecule has 0 aliphatic carbocycles. The van der Waals surface area contributed by atoms with E-state index in [1.807, 2.05) is 13.8 Å². The lowest BCUT2D eigenvalue weighted by molar-refractivity contribution is -0.326. The first-order chi connectivity index (χ1) is 14.5. The first-order valence-electron chi connectivity index (χ1n) is 11.0. The van der Waals surface area contributed by atoms with Crippen molar-refractivity contribution in [1.82, 2.24) is 0 Å². The van der Waals surface area contributed by atoms with Crippen molar-refractivity contribution in [2.75, 3.05) is 0 Å². The lowest BCUT2D eigenvalue weighted by atomic mass is 9.98. The van der Waals surface area contributed by atoms with Crippen LogP contribution in [-0.4, -0.2) is 94.9 Å². The van der Waals surface area contributed by atoms with Gasteiger partial charge in [-0.25, -0.2) is 0 Å². The summed E-state index contributed by atoms with van der Waals surface area (Å²) in [6, 6.07) is 0. The van der Waals surface area contributed by atoms with Gasteiger partial charge < -0.3 is 43.7 Å². The zero-order chi connectivity index (χ0) is 22.9. The van der Waals surface area contributed by atoms with E-state index in [9.17, 15) is 20.1 Å². The first kappa shape index (κ1) is 24.8. The topological polar surface area (TPSA) is 133 Å². The van der Waals surface area contributed by atoms with Crippen LogP contribution in [0.3, 0.4) is 0 Å². The standard InChI is InChI=1S/C21H36O10/c1-9-6-14(23)20(11(3)26-9)30-17-7-15(24)21(12(4)28-17)31-18-8-16(29-13(5)22)19(25)10(2)27-18/h9-12,14-21,23-25H,6-8H2,1-5H3. The number of rotatable bonds is 5. The van der Waals surface area contributed by atoms with Crippen molar-refractivity contribution in [3.8, 4) is 0 Å². The van der Waals surface area contributed by atoms with E-state index >= 15 is 0 Å². The van der Waals surface area contributed by atoms with Gasteiger partial charge in [0.2, 0.25) is 0 Å². The third kappa shape index (κ3) is 6.14. The second-order valence-electron chi connectivity index (χ2n) is 8.88. The molecule has 0 aromatic heterocycles. The Kier molecular flexibility index (Phi) is 8.31. The van der Waals surface area contributed by atoms with Gasteiger partial charge in [-0.15, -0.1) is 0 Å². The lowest BCUT2D eigenvalue weighted by Crippen LogP contribution is -2.56. The average Bonchev–Trinajstić information content (AvgIpc) is 2.64. The van der Waals surface area contributed by atoms with Crippen LogP contribution >= 0.6 is 0 Å². The summed E-state index contributed by atoms with van der Waals surface area (Å²) >= 11 is 0. The van der Waals surface area contributed by atoms with Crippen LogP contribution in [0.1, 0.15) is 53.9 Å². The van der Waals surface area contributed by atoms with Gasteiger partial charge in [0, 0.05) is 26.2 Å². The van der Waals surface area contributed by atoms with Crippen molar-refractivity contribution in [1.29, 1.82) is 0 Å². The summed E-state index contributed by atoms with van der Waals surface area (Å²) in [4.78, 5) is 11.3. The first-order valence-corrected chi connectivity index (χ1v) is 11.0. The second-order valence-corrected chi connectivity index (χ2v) is 8.88. The molecule has 0 spiro atoms. The van der Waals surface area contributed by atoms with Gasteiger partial charge in [0.25, 0.3) is 0 Å². The number of aliphatic hydroxyl groups is 3. The Balaban J connectivity index is 1.56. The Labute approximate surface area is 182 Å². The van der Waals surface area contributed by atoms with E-state index in [-0.39, 0.29) is 25.0 Å². The van der Waals surface area contributed by atoms with E-state index in [4.69, 9.17) is 28.4 Å². The molecule has 0 aromatic rings. The molecule has 3 saturated heterocycles. The Morgan fingerprint density at radius 1 is 0.774 bits per heavy atom. The molecule has 0 bridgehead atoms. The molecule has 3 fully saturated rings. The molecular weight excluding hydrogens is 412 g/mol. The summed E-state index contributed by atoms with van der Waals surface area (Å²) in [7, 11) is 0. The van der Waals surface area contributed by atoms with Crippen LogP contribution in [0.4, 0.5) is 0 Å². The largest absolute Gasteiger partial charge is 0.459 e. The van der Waals surface area contributed by atoms with Crippen molar-refractivity contribution < 1.29 is 48.5 Å². The average molecular weight is 449 g/mol. The molecule has 0 radical (unpaired) electrons. The summed E-state index contributed by atoms with van der Waals surface area (Å²) in [6.45, 7) is 8.44. The molecule has 10 nitrogen and oxygen atoms in total. The normalized spacial score (nSPS) is 48.9. The molecule has 3 aliphatic heterocycles. The molecule has 0 aromatic carbocycles. The van der Waals surface area contributed by atoms with Crippen LogP contribution in [0.2, 0.25) is 0 Å². The maximum Gasteiger partial charge on any atom is 0.302 e. The van der Waals surface area contributed by atoms with Crippen LogP contribution in [0.5, 0.6) is 0 Å². The number of carbonyl (C=O) groups excluding carboxylic acids is 1. The van der Waals surface area contributed by atoms with Crippen LogP contribution in [0.25, 0.3) is 0 Å². The number of carbonyl (C=O) groups is 1. The maximum absolute atomic E-state index is 11.3. The number of hydrogen-bond acceptors (Lipinski definition) is 10. The molecule has 180 valence electrons. The Bertz CT molecular complexity index is 579. The summed E-state index contributed by atoms with van der Waals surface area (Å²) in [6.07, 6.45) is -6.75. The van der Waals surface area contributed by atoms with Gasteiger partial charge in [-0.1, -0.05) is 0 Å². The molecule has 3 N–H and O–H groups in total. The fourth-order valence-corrected chi connectivity index (χ4v) is 4.57. The summed E-state index contributed by atoms with van der Waals surface area (Å²) in [5.41, 5.74) is 0. The molecule has 10 heteroatoms. The minimum atomic E-state index is -0.958. The monoisotopic (exact) mass is 448 g/mol. The fraction of sp³-hybridized carbons (Fsp3) is 0.952. The van der Waals surface area contributed by atoms with Crippen LogP contribution < -0.4 is 0 Å². The van der Waals surface area contributed by atoms with Crippen molar-refractivity contribution in [3.63, 3.8) is 0 Å². The fourth-order valence-electron chi connectivity index (χ4n) is 4.57. The van der Waals surface area contributed by atoms with E-state index in [1.165, 1.54) is 6.92 Å². The molecular formula is C21H36O10. The van der Waals surface area contributed by atoms with Crippen LogP contribution in [0.15, 0.2) is 0 Å². The minimum absolute atomic E-state index is 0.0494. The van der Waals surface area contributed by atoms with E-state index in [0.29, 0.717) is 6.42 Å². The van der Waals surface area contributed by atoms with Crippen molar-refractivity contribution in [2.45, 2.75) is 128 Å². The highest BCUT2D eigenvalue weighted by atomic mass is 16.7. The highest BCUT2D eigenvalue weighted by molar-refractivity contribution is 5.66. The molecule has 31 heavy (non-hydrogen) atoms. The Morgan fingerprint density at radius 3 is 1.84 bits per heavy atom. The molecule has 3 heterocycles. The third-order valence-corrected chi connectivity index (χ3v) is 6.09. The number of esters is 1. The van der Waals surface area contributed by atoms with Crippen LogP contribution in [0, 0.1) is 0 Å². The SMILES string of the molecule is CC(=O)OC1CC(OC2C(O)CC(OC3C(O)CC(C)OC3C)OC2C)OC(C)C1O. The van der Waals surface area contributed by atoms with Gasteiger partial charge in [-0.3, -0.25) is 4.79 Å². The van der Waals surface area contributed by atoms with Gasteiger partial charge in [0.1, 0.15) is 24.4 Å². The zero-order valence-corrected chi connectivity index (χ0v) is 18.7. The Hall–Kier alpha value is -0.850. The molecule has 0 amide bonds.